The lowest BCUT2D eigenvalue weighted by atomic mass is 10.3. The van der Waals surface area contributed by atoms with Crippen LogP contribution in [0, 0.1) is 0 Å². The Morgan fingerprint density at radius 3 is 2.57 bits per heavy atom. The fraction of sp³-hybridized carbons (Fsp3) is 0.375. The number of rotatable bonds is 2. The summed E-state index contributed by atoms with van der Waals surface area (Å²) in [5, 5.41) is -0.915. The minimum Gasteiger partial charge on any atom is -0.329 e. The molecule has 0 aromatic rings. The van der Waals surface area contributed by atoms with Crippen molar-refractivity contribution in [1.29, 1.82) is 0 Å². The summed E-state index contributed by atoms with van der Waals surface area (Å²) in [4.78, 5) is 35.3. The van der Waals surface area contributed by atoms with Gasteiger partial charge in [-0.2, -0.15) is 0 Å². The lowest BCUT2D eigenvalue weighted by Gasteiger charge is -2.30. The summed E-state index contributed by atoms with van der Waals surface area (Å²) in [6.45, 7) is 4.20. The Labute approximate surface area is 85.9 Å². The molecule has 0 radical (unpaired) electrons. The van der Waals surface area contributed by atoms with E-state index in [1.807, 2.05) is 0 Å². The molecule has 0 bridgehead atoms. The fourth-order valence-corrected chi connectivity index (χ4v) is 1.33. The van der Waals surface area contributed by atoms with Gasteiger partial charge < -0.3 is 4.90 Å². The second kappa shape index (κ2) is 4.23. The predicted molar refractivity (Wildman–Crippen MR) is 49.7 cm³/mol. The maximum Gasteiger partial charge on any atom is 0.323 e. The summed E-state index contributed by atoms with van der Waals surface area (Å²) < 4.78 is 0. The molecule has 0 aromatic heterocycles. The van der Waals surface area contributed by atoms with Crippen LogP contribution in [0.2, 0.25) is 0 Å². The Balaban J connectivity index is 2.74. The van der Waals surface area contributed by atoms with Crippen molar-refractivity contribution in [3.05, 3.63) is 12.7 Å². The smallest absolute Gasteiger partial charge is 0.323 e. The van der Waals surface area contributed by atoms with E-state index in [4.69, 9.17) is 11.6 Å². The minimum atomic E-state index is -0.915. The highest BCUT2D eigenvalue weighted by molar-refractivity contribution is 6.65. The zero-order valence-corrected chi connectivity index (χ0v) is 8.16. The molecular formula is C8H9ClN2O3. The van der Waals surface area contributed by atoms with Gasteiger partial charge in [-0.1, -0.05) is 6.08 Å². The van der Waals surface area contributed by atoms with Crippen LogP contribution < -0.4 is 0 Å². The van der Waals surface area contributed by atoms with Crippen LogP contribution in [0.15, 0.2) is 12.7 Å². The van der Waals surface area contributed by atoms with Crippen molar-refractivity contribution in [2.75, 3.05) is 19.6 Å². The van der Waals surface area contributed by atoms with Gasteiger partial charge in [-0.15, -0.1) is 6.58 Å². The molecular weight excluding hydrogens is 208 g/mol. The highest BCUT2D eigenvalue weighted by atomic mass is 35.5. The summed E-state index contributed by atoms with van der Waals surface area (Å²) in [6, 6.07) is 0. The number of carbonyl (C=O) groups excluding carboxylic acids is 3. The van der Waals surface area contributed by atoms with Crippen molar-refractivity contribution in [3.63, 3.8) is 0 Å². The molecule has 0 unspecified atom stereocenters. The molecule has 5 nitrogen and oxygen atoms in total. The van der Waals surface area contributed by atoms with Gasteiger partial charge in [-0.05, 0) is 11.6 Å². The maximum absolute atomic E-state index is 11.3. The first-order chi connectivity index (χ1) is 6.57. The molecule has 0 spiro atoms. The standard InChI is InChI=1S/C8H9ClN2O3/c1-2-3-10-4-5-11(8(9)14)7(13)6(10)12/h2H,1,3-5H2. The maximum atomic E-state index is 11.3. The van der Waals surface area contributed by atoms with Gasteiger partial charge in [0.1, 0.15) is 0 Å². The number of amides is 3. The summed E-state index contributed by atoms with van der Waals surface area (Å²) in [5.74, 6) is -1.59. The normalized spacial score (nSPS) is 17.2. The molecule has 6 heteroatoms. The summed E-state index contributed by atoms with van der Waals surface area (Å²) in [6.07, 6.45) is 1.52. The number of halogens is 1. The van der Waals surface area contributed by atoms with Gasteiger partial charge in [0.25, 0.3) is 0 Å². The molecule has 0 aliphatic carbocycles. The molecule has 1 rings (SSSR count). The molecule has 76 valence electrons. The number of carbonyl (C=O) groups is 3. The minimum absolute atomic E-state index is 0.140. The van der Waals surface area contributed by atoms with E-state index in [1.165, 1.54) is 11.0 Å². The first-order valence-corrected chi connectivity index (χ1v) is 4.37. The largest absolute Gasteiger partial charge is 0.329 e. The third-order valence-corrected chi connectivity index (χ3v) is 2.07. The lowest BCUT2D eigenvalue weighted by Crippen LogP contribution is -2.54. The van der Waals surface area contributed by atoms with Gasteiger partial charge in [0.15, 0.2) is 0 Å². The van der Waals surface area contributed by atoms with Crippen LogP contribution in [0.4, 0.5) is 4.79 Å². The van der Waals surface area contributed by atoms with Gasteiger partial charge in [-0.25, -0.2) is 0 Å². The Hall–Kier alpha value is -1.36. The zero-order chi connectivity index (χ0) is 10.7. The number of piperazine rings is 1. The van der Waals surface area contributed by atoms with E-state index >= 15 is 0 Å². The van der Waals surface area contributed by atoms with E-state index in [2.05, 4.69) is 6.58 Å². The average molecular weight is 217 g/mol. The molecule has 0 N–H and O–H groups in total. The van der Waals surface area contributed by atoms with Crippen LogP contribution in [-0.2, 0) is 9.59 Å². The van der Waals surface area contributed by atoms with Crippen molar-refractivity contribution in [1.82, 2.24) is 9.80 Å². The monoisotopic (exact) mass is 216 g/mol. The third-order valence-electron chi connectivity index (χ3n) is 1.87. The van der Waals surface area contributed by atoms with Crippen LogP contribution >= 0.6 is 11.6 Å². The van der Waals surface area contributed by atoms with Crippen LogP contribution in [0.5, 0.6) is 0 Å². The molecule has 1 saturated heterocycles. The predicted octanol–water partition coefficient (Wildman–Crippen LogP) is 0.202. The van der Waals surface area contributed by atoms with Crippen molar-refractivity contribution in [3.8, 4) is 0 Å². The number of hydrogen-bond acceptors (Lipinski definition) is 3. The van der Waals surface area contributed by atoms with Gasteiger partial charge in [0.2, 0.25) is 0 Å². The second-order valence-electron chi connectivity index (χ2n) is 2.75. The van der Waals surface area contributed by atoms with Gasteiger partial charge in [-0.3, -0.25) is 19.3 Å². The molecule has 3 amide bonds. The van der Waals surface area contributed by atoms with Crippen LogP contribution in [0.25, 0.3) is 0 Å². The molecule has 0 aromatic carbocycles. The fourth-order valence-electron chi connectivity index (χ4n) is 1.17. The first-order valence-electron chi connectivity index (χ1n) is 3.99. The number of nitrogens with zero attached hydrogens (tertiary/aromatic N) is 2. The first kappa shape index (κ1) is 10.7. The Kier molecular flexibility index (Phi) is 3.24. The van der Waals surface area contributed by atoms with Crippen molar-refractivity contribution < 1.29 is 14.4 Å². The summed E-state index contributed by atoms with van der Waals surface area (Å²) >= 11 is 5.12. The van der Waals surface area contributed by atoms with Gasteiger partial charge in [0.05, 0.1) is 0 Å². The number of hydrogen-bond donors (Lipinski definition) is 0. The van der Waals surface area contributed by atoms with Crippen molar-refractivity contribution in [2.45, 2.75) is 0 Å². The van der Waals surface area contributed by atoms with Crippen molar-refractivity contribution in [2.24, 2.45) is 0 Å². The number of imide groups is 1. The van der Waals surface area contributed by atoms with E-state index in [9.17, 15) is 14.4 Å². The van der Waals surface area contributed by atoms with Crippen molar-refractivity contribution >= 4 is 28.8 Å². The highest BCUT2D eigenvalue weighted by Gasteiger charge is 2.34. The Morgan fingerprint density at radius 2 is 2.07 bits per heavy atom. The van der Waals surface area contributed by atoms with Crippen LogP contribution in [0.3, 0.4) is 0 Å². The van der Waals surface area contributed by atoms with E-state index < -0.39 is 17.2 Å². The van der Waals surface area contributed by atoms with Crippen LogP contribution in [0.1, 0.15) is 0 Å². The Morgan fingerprint density at radius 1 is 1.43 bits per heavy atom. The highest BCUT2D eigenvalue weighted by Crippen LogP contribution is 2.07. The molecule has 1 aliphatic heterocycles. The van der Waals surface area contributed by atoms with Crippen LogP contribution in [-0.4, -0.2) is 46.6 Å². The van der Waals surface area contributed by atoms with Gasteiger partial charge in [0, 0.05) is 19.6 Å². The van der Waals surface area contributed by atoms with E-state index in [1.54, 1.807) is 0 Å². The molecule has 0 saturated carbocycles. The second-order valence-corrected chi connectivity index (χ2v) is 3.07. The molecule has 1 heterocycles. The SMILES string of the molecule is C=CCN1CCN(C(=O)Cl)C(=O)C1=O. The third kappa shape index (κ3) is 1.93. The lowest BCUT2D eigenvalue weighted by molar-refractivity contribution is -0.152. The summed E-state index contributed by atoms with van der Waals surface area (Å²) in [7, 11) is 0. The topological polar surface area (TPSA) is 57.7 Å². The molecule has 1 aliphatic rings. The molecule has 1 fully saturated rings. The quantitative estimate of drug-likeness (QED) is 0.287. The molecule has 0 atom stereocenters. The van der Waals surface area contributed by atoms with Gasteiger partial charge >= 0.3 is 17.2 Å². The Bertz CT molecular complexity index is 303. The van der Waals surface area contributed by atoms with E-state index in [-0.39, 0.29) is 6.54 Å². The molecule has 14 heavy (non-hydrogen) atoms. The van der Waals surface area contributed by atoms with E-state index in [0.717, 1.165) is 4.90 Å². The average Bonchev–Trinajstić information content (AvgIpc) is 2.13. The zero-order valence-electron chi connectivity index (χ0n) is 7.40. The summed E-state index contributed by atoms with van der Waals surface area (Å²) in [5.41, 5.74) is 0. The van der Waals surface area contributed by atoms with E-state index in [0.29, 0.717) is 13.1 Å².